The van der Waals surface area contributed by atoms with Crippen molar-refractivity contribution in [3.63, 3.8) is 0 Å². The van der Waals surface area contributed by atoms with E-state index in [9.17, 15) is 4.79 Å². The average Bonchev–Trinajstić information content (AvgIpc) is 2.95. The molecule has 1 fully saturated rings. The van der Waals surface area contributed by atoms with E-state index in [0.717, 1.165) is 43.1 Å². The van der Waals surface area contributed by atoms with Gasteiger partial charge in [0.25, 0.3) is 5.56 Å². The zero-order valence-corrected chi connectivity index (χ0v) is 15.4. The summed E-state index contributed by atoms with van der Waals surface area (Å²) in [6, 6.07) is 11.3. The average molecular weight is 363 g/mol. The van der Waals surface area contributed by atoms with E-state index in [1.165, 1.54) is 0 Å². The molecular formula is C20H21N5O2. The molecule has 1 aliphatic rings. The Bertz CT molecular complexity index is 1080. The van der Waals surface area contributed by atoms with Crippen LogP contribution >= 0.6 is 0 Å². The van der Waals surface area contributed by atoms with Gasteiger partial charge in [-0.15, -0.1) is 0 Å². The first-order chi connectivity index (χ1) is 13.0. The SMILES string of the molecule is Cc1cc2c(=O)[nH]n(C)c2nc1N1CCC(Oc2cccc(C#N)c2)CC1. The normalized spacial score (nSPS) is 15.1. The fourth-order valence-electron chi connectivity index (χ4n) is 3.62. The van der Waals surface area contributed by atoms with Crippen molar-refractivity contribution in [1.82, 2.24) is 14.8 Å². The first-order valence-electron chi connectivity index (χ1n) is 9.03. The van der Waals surface area contributed by atoms with Crippen molar-refractivity contribution in [3.8, 4) is 11.8 Å². The van der Waals surface area contributed by atoms with Gasteiger partial charge < -0.3 is 9.64 Å². The van der Waals surface area contributed by atoms with E-state index in [0.29, 0.717) is 16.6 Å². The fourth-order valence-corrected chi connectivity index (χ4v) is 3.62. The Kier molecular flexibility index (Phi) is 4.32. The number of hydrogen-bond donors (Lipinski definition) is 1. The molecule has 1 aliphatic heterocycles. The molecular weight excluding hydrogens is 342 g/mol. The van der Waals surface area contributed by atoms with Crippen LogP contribution in [-0.2, 0) is 7.05 Å². The monoisotopic (exact) mass is 363 g/mol. The molecule has 3 aromatic rings. The first-order valence-corrected chi connectivity index (χ1v) is 9.03. The predicted octanol–water partition coefficient (Wildman–Crippen LogP) is 2.49. The highest BCUT2D eigenvalue weighted by Gasteiger charge is 2.23. The maximum Gasteiger partial charge on any atom is 0.273 e. The van der Waals surface area contributed by atoms with Crippen LogP contribution in [0, 0.1) is 18.3 Å². The molecule has 0 radical (unpaired) electrons. The minimum Gasteiger partial charge on any atom is -0.490 e. The van der Waals surface area contributed by atoms with Gasteiger partial charge in [-0.1, -0.05) is 6.07 Å². The zero-order valence-electron chi connectivity index (χ0n) is 15.4. The van der Waals surface area contributed by atoms with E-state index in [1.54, 1.807) is 23.9 Å². The molecule has 0 amide bonds. The lowest BCUT2D eigenvalue weighted by molar-refractivity contribution is 0.170. The van der Waals surface area contributed by atoms with Gasteiger partial charge in [-0.3, -0.25) is 14.6 Å². The van der Waals surface area contributed by atoms with Crippen LogP contribution < -0.4 is 15.2 Å². The second-order valence-electron chi connectivity index (χ2n) is 6.94. The molecule has 4 rings (SSSR count). The van der Waals surface area contributed by atoms with Crippen LogP contribution in [0.4, 0.5) is 5.82 Å². The van der Waals surface area contributed by atoms with Gasteiger partial charge in [-0.25, -0.2) is 4.98 Å². The number of aromatic nitrogens is 3. The molecule has 7 nitrogen and oxygen atoms in total. The number of fused-ring (bicyclic) bond motifs is 1. The van der Waals surface area contributed by atoms with Crippen LogP contribution in [-0.4, -0.2) is 34.0 Å². The van der Waals surface area contributed by atoms with Crippen molar-refractivity contribution < 1.29 is 4.74 Å². The van der Waals surface area contributed by atoms with Gasteiger partial charge >= 0.3 is 0 Å². The van der Waals surface area contributed by atoms with Crippen LogP contribution in [0.2, 0.25) is 0 Å². The molecule has 7 heteroatoms. The van der Waals surface area contributed by atoms with Crippen LogP contribution in [0.25, 0.3) is 11.0 Å². The highest BCUT2D eigenvalue weighted by Crippen LogP contribution is 2.26. The largest absolute Gasteiger partial charge is 0.490 e. The molecule has 3 heterocycles. The van der Waals surface area contributed by atoms with Crippen molar-refractivity contribution in [2.75, 3.05) is 18.0 Å². The van der Waals surface area contributed by atoms with E-state index in [2.05, 4.69) is 16.1 Å². The number of piperidine rings is 1. The smallest absolute Gasteiger partial charge is 0.273 e. The summed E-state index contributed by atoms with van der Waals surface area (Å²) in [4.78, 5) is 18.9. The number of rotatable bonds is 3. The third-order valence-electron chi connectivity index (χ3n) is 5.01. The molecule has 1 saturated heterocycles. The molecule has 0 bridgehead atoms. The zero-order chi connectivity index (χ0) is 19.0. The van der Waals surface area contributed by atoms with Gasteiger partial charge in [0.1, 0.15) is 17.7 Å². The van der Waals surface area contributed by atoms with Gasteiger partial charge in [0.05, 0.1) is 17.0 Å². The third-order valence-corrected chi connectivity index (χ3v) is 5.01. The minimum atomic E-state index is -0.110. The molecule has 1 aromatic carbocycles. The lowest BCUT2D eigenvalue weighted by Crippen LogP contribution is -2.39. The molecule has 0 spiro atoms. The molecule has 1 N–H and O–H groups in total. The molecule has 0 saturated carbocycles. The number of pyridine rings is 1. The van der Waals surface area contributed by atoms with E-state index in [1.807, 2.05) is 25.1 Å². The van der Waals surface area contributed by atoms with E-state index >= 15 is 0 Å². The number of H-pyrrole nitrogens is 1. The summed E-state index contributed by atoms with van der Waals surface area (Å²) >= 11 is 0. The fraction of sp³-hybridized carbons (Fsp3) is 0.350. The Labute approximate surface area is 156 Å². The van der Waals surface area contributed by atoms with Gasteiger partial charge in [0.15, 0.2) is 5.65 Å². The van der Waals surface area contributed by atoms with Gasteiger partial charge in [-0.05, 0) is 36.8 Å². The molecule has 0 atom stereocenters. The predicted molar refractivity (Wildman–Crippen MR) is 103 cm³/mol. The van der Waals surface area contributed by atoms with Crippen molar-refractivity contribution in [2.45, 2.75) is 25.9 Å². The number of aromatic amines is 1. The Morgan fingerprint density at radius 3 is 2.81 bits per heavy atom. The van der Waals surface area contributed by atoms with Crippen molar-refractivity contribution in [2.24, 2.45) is 7.05 Å². The second kappa shape index (κ2) is 6.80. The summed E-state index contributed by atoms with van der Waals surface area (Å²) in [6.45, 7) is 3.66. The van der Waals surface area contributed by atoms with Crippen LogP contribution in [0.1, 0.15) is 24.0 Å². The minimum absolute atomic E-state index is 0.110. The number of benzene rings is 1. The highest BCUT2D eigenvalue weighted by molar-refractivity contribution is 5.78. The number of aryl methyl sites for hydroxylation is 2. The van der Waals surface area contributed by atoms with E-state index in [-0.39, 0.29) is 11.7 Å². The first kappa shape index (κ1) is 17.2. The lowest BCUT2D eigenvalue weighted by Gasteiger charge is -2.33. The third kappa shape index (κ3) is 3.26. The van der Waals surface area contributed by atoms with E-state index in [4.69, 9.17) is 15.0 Å². The summed E-state index contributed by atoms with van der Waals surface area (Å²) in [5, 5.41) is 12.4. The number of nitrogens with one attached hydrogen (secondary N) is 1. The van der Waals surface area contributed by atoms with Crippen LogP contribution in [0.5, 0.6) is 5.75 Å². The number of nitriles is 1. The molecule has 0 unspecified atom stereocenters. The van der Waals surface area contributed by atoms with Crippen molar-refractivity contribution in [1.29, 1.82) is 5.26 Å². The number of hydrogen-bond acceptors (Lipinski definition) is 5. The maximum absolute atomic E-state index is 11.9. The van der Waals surface area contributed by atoms with Gasteiger partial charge in [0, 0.05) is 33.0 Å². The van der Waals surface area contributed by atoms with Gasteiger partial charge in [0.2, 0.25) is 0 Å². The second-order valence-corrected chi connectivity index (χ2v) is 6.94. The summed E-state index contributed by atoms with van der Waals surface area (Å²) in [7, 11) is 1.80. The van der Waals surface area contributed by atoms with Crippen LogP contribution in [0.15, 0.2) is 35.1 Å². The summed E-state index contributed by atoms with van der Waals surface area (Å²) < 4.78 is 7.72. The Morgan fingerprint density at radius 1 is 1.30 bits per heavy atom. The van der Waals surface area contributed by atoms with Crippen molar-refractivity contribution >= 4 is 16.9 Å². The lowest BCUT2D eigenvalue weighted by atomic mass is 10.1. The topological polar surface area (TPSA) is 86.9 Å². The van der Waals surface area contributed by atoms with Crippen molar-refractivity contribution in [3.05, 3.63) is 51.8 Å². The Hall–Kier alpha value is -3.27. The highest BCUT2D eigenvalue weighted by atomic mass is 16.5. The van der Waals surface area contributed by atoms with E-state index < -0.39 is 0 Å². The Morgan fingerprint density at radius 2 is 2.07 bits per heavy atom. The molecule has 0 aliphatic carbocycles. The molecule has 27 heavy (non-hydrogen) atoms. The summed E-state index contributed by atoms with van der Waals surface area (Å²) in [5.74, 6) is 1.66. The quantitative estimate of drug-likeness (QED) is 0.772. The molecule has 2 aromatic heterocycles. The number of ether oxygens (including phenoxy) is 1. The summed E-state index contributed by atoms with van der Waals surface area (Å²) in [6.07, 6.45) is 1.88. The van der Waals surface area contributed by atoms with Crippen LogP contribution in [0.3, 0.4) is 0 Å². The maximum atomic E-state index is 11.9. The number of anilines is 1. The standard InChI is InChI=1S/C20H21N5O2/c1-13-10-17-19(24(2)23-20(17)26)22-18(13)25-8-6-15(7-9-25)27-16-5-3-4-14(11-16)12-21/h3-5,10-11,15H,6-9H2,1-2H3,(H,23,26). The van der Waals surface area contributed by atoms with Gasteiger partial charge in [-0.2, -0.15) is 5.26 Å². The molecule has 138 valence electrons. The summed E-state index contributed by atoms with van der Waals surface area (Å²) in [5.41, 5.74) is 2.17. The Balaban J connectivity index is 1.48. The number of nitrogens with zero attached hydrogens (tertiary/aromatic N) is 4.